The number of hydrogen-bond acceptors (Lipinski definition) is 4. The van der Waals surface area contributed by atoms with Gasteiger partial charge in [-0.05, 0) is 309 Å². The summed E-state index contributed by atoms with van der Waals surface area (Å²) in [6.45, 7) is 0. The molecule has 21 aromatic rings. The van der Waals surface area contributed by atoms with Crippen molar-refractivity contribution < 1.29 is 0 Å². The second-order valence-corrected chi connectivity index (χ2v) is 32.8. The minimum atomic E-state index is 1.06. The largest absolute Gasteiger partial charge is 0.311 e. The van der Waals surface area contributed by atoms with Gasteiger partial charge in [-0.1, -0.05) is 370 Å². The van der Waals surface area contributed by atoms with Crippen LogP contribution in [0.1, 0.15) is 0 Å². The number of benzene rings is 21. The standard InChI is InChI=1S/C126H90N4/c1-7-24-91(25-8-1)105-32-19-36-109(86-105)99-58-78-123(79-59-99)129(124-80-60-100(61-81-124)110-37-20-33-106(87-110)92-26-9-2-10-27-92)121-70-50-97(51-71-121)95-46-66-117(67-47-95)127(115-42-15-5-16-43-115)119-74-54-103(55-75-119)113-40-23-41-114(90-113)104-56-76-120(77-57-104)128(116-44-17-6-18-45-116)118-68-48-96(49-69-118)98-52-72-122(73-53-98)130(125-82-62-101(63-83-125)111-38-21-34-107(88-111)93-28-11-3-12-29-93)126-84-64-102(65-85-126)112-39-22-35-108(89-112)94-30-13-4-14-31-94/h1-90H. The Morgan fingerprint density at radius 1 is 0.0692 bits per heavy atom. The number of rotatable bonds is 24. The molecule has 4 nitrogen and oxygen atoms in total. The first-order valence-electron chi connectivity index (χ1n) is 44.5. The molecule has 0 N–H and O–H groups in total. The van der Waals surface area contributed by atoms with Crippen LogP contribution in [0.3, 0.4) is 0 Å². The summed E-state index contributed by atoms with van der Waals surface area (Å²) < 4.78 is 0. The molecule has 0 aliphatic heterocycles. The third-order valence-electron chi connectivity index (χ3n) is 24.7. The molecule has 0 aliphatic rings. The van der Waals surface area contributed by atoms with Gasteiger partial charge in [0, 0.05) is 68.2 Å². The van der Waals surface area contributed by atoms with Crippen molar-refractivity contribution in [1.29, 1.82) is 0 Å². The predicted molar refractivity (Wildman–Crippen MR) is 550 cm³/mol. The Labute approximate surface area is 762 Å². The molecule has 0 saturated carbocycles. The maximum absolute atomic E-state index is 2.36. The molecule has 0 saturated heterocycles. The molecule has 21 rings (SSSR count). The molecule has 0 atom stereocenters. The van der Waals surface area contributed by atoms with Crippen molar-refractivity contribution in [3.8, 4) is 134 Å². The fourth-order valence-electron chi connectivity index (χ4n) is 17.9. The van der Waals surface area contributed by atoms with Crippen molar-refractivity contribution in [3.63, 3.8) is 0 Å². The van der Waals surface area contributed by atoms with Gasteiger partial charge in [-0.3, -0.25) is 0 Å². The van der Waals surface area contributed by atoms with Gasteiger partial charge in [-0.2, -0.15) is 0 Å². The van der Waals surface area contributed by atoms with Crippen molar-refractivity contribution in [1.82, 2.24) is 0 Å². The van der Waals surface area contributed by atoms with Crippen molar-refractivity contribution >= 4 is 68.2 Å². The molecule has 0 radical (unpaired) electrons. The van der Waals surface area contributed by atoms with Crippen LogP contribution in [0.5, 0.6) is 0 Å². The molecule has 0 aromatic heterocycles. The molecule has 0 unspecified atom stereocenters. The number of anilines is 12. The Kier molecular flexibility index (Phi) is 22.7. The molecule has 614 valence electrons. The lowest BCUT2D eigenvalue weighted by Gasteiger charge is -2.27. The smallest absolute Gasteiger partial charge is 0.0462 e. The van der Waals surface area contributed by atoms with Crippen LogP contribution in [0.25, 0.3) is 134 Å². The van der Waals surface area contributed by atoms with Crippen LogP contribution >= 0.6 is 0 Å². The molecule has 0 amide bonds. The van der Waals surface area contributed by atoms with Crippen molar-refractivity contribution in [2.24, 2.45) is 0 Å². The first-order valence-corrected chi connectivity index (χ1v) is 44.5. The van der Waals surface area contributed by atoms with Gasteiger partial charge in [-0.25, -0.2) is 0 Å². The van der Waals surface area contributed by atoms with Crippen LogP contribution in [0.2, 0.25) is 0 Å². The van der Waals surface area contributed by atoms with Crippen LogP contribution < -0.4 is 19.6 Å². The fourth-order valence-corrected chi connectivity index (χ4v) is 17.9. The van der Waals surface area contributed by atoms with E-state index in [1.807, 2.05) is 0 Å². The van der Waals surface area contributed by atoms with Crippen LogP contribution in [0.4, 0.5) is 68.2 Å². The predicted octanol–water partition coefficient (Wildman–Crippen LogP) is 35.6. The quantitative estimate of drug-likeness (QED) is 0.0598. The minimum Gasteiger partial charge on any atom is -0.311 e. The van der Waals surface area contributed by atoms with E-state index in [0.717, 1.165) is 135 Å². The van der Waals surface area contributed by atoms with Gasteiger partial charge in [0.2, 0.25) is 0 Å². The van der Waals surface area contributed by atoms with E-state index in [9.17, 15) is 0 Å². The highest BCUT2D eigenvalue weighted by Gasteiger charge is 2.21. The molecular weight excluding hydrogens is 1570 g/mol. The molecule has 4 heteroatoms. The Morgan fingerprint density at radius 2 is 0.162 bits per heavy atom. The number of para-hydroxylation sites is 2. The van der Waals surface area contributed by atoms with Gasteiger partial charge in [0.25, 0.3) is 0 Å². The minimum absolute atomic E-state index is 1.06. The Balaban J connectivity index is 0.515. The zero-order valence-corrected chi connectivity index (χ0v) is 71.8. The highest BCUT2D eigenvalue weighted by molar-refractivity contribution is 5.89. The molecule has 0 spiro atoms. The third-order valence-corrected chi connectivity index (χ3v) is 24.7. The maximum atomic E-state index is 2.36. The van der Waals surface area contributed by atoms with E-state index in [-0.39, 0.29) is 0 Å². The van der Waals surface area contributed by atoms with Crippen molar-refractivity contribution in [3.05, 3.63) is 546 Å². The van der Waals surface area contributed by atoms with E-state index in [0.29, 0.717) is 0 Å². The molecule has 0 bridgehead atoms. The SMILES string of the molecule is c1ccc(-c2cccc(-c3ccc(N(c4ccc(-c5ccc(N(c6ccccc6)c6ccc(-c7cccc(-c8ccc(N(c9ccccc9)c9ccc(-c%10ccc(N(c%11ccc(-c%12cccc(-c%13ccccc%13)c%12)cc%11)c%11ccc(-c%12cccc(-c%13ccccc%13)c%12)cc%11)cc%10)cc9)cc8)c7)cc6)cc5)cc4)c4ccc(-c5cccc(-c6ccccc6)c5)cc4)cc3)c2)cc1. The summed E-state index contributed by atoms with van der Waals surface area (Å²) in [5.41, 5.74) is 40.9. The van der Waals surface area contributed by atoms with Crippen LogP contribution in [-0.4, -0.2) is 0 Å². The lowest BCUT2D eigenvalue weighted by atomic mass is 9.98. The zero-order valence-electron chi connectivity index (χ0n) is 71.8. The van der Waals surface area contributed by atoms with E-state index in [1.54, 1.807) is 0 Å². The zero-order chi connectivity index (χ0) is 86.7. The van der Waals surface area contributed by atoms with E-state index < -0.39 is 0 Å². The van der Waals surface area contributed by atoms with E-state index in [4.69, 9.17) is 0 Å². The lowest BCUT2D eigenvalue weighted by Crippen LogP contribution is -2.10. The van der Waals surface area contributed by atoms with Crippen LogP contribution in [-0.2, 0) is 0 Å². The average molecular weight is 1660 g/mol. The highest BCUT2D eigenvalue weighted by atomic mass is 15.2. The summed E-state index contributed by atoms with van der Waals surface area (Å²) in [7, 11) is 0. The molecule has 0 fully saturated rings. The maximum Gasteiger partial charge on any atom is 0.0462 e. The van der Waals surface area contributed by atoms with Gasteiger partial charge in [0.1, 0.15) is 0 Å². The number of nitrogens with zero attached hydrogens (tertiary/aromatic N) is 4. The third kappa shape index (κ3) is 17.4. The fraction of sp³-hybridized carbons (Fsp3) is 0. The van der Waals surface area contributed by atoms with Crippen LogP contribution in [0, 0.1) is 0 Å². The highest BCUT2D eigenvalue weighted by Crippen LogP contribution is 2.45. The van der Waals surface area contributed by atoms with Crippen molar-refractivity contribution in [2.45, 2.75) is 0 Å². The summed E-state index contributed by atoms with van der Waals surface area (Å²) in [5, 5.41) is 0. The molecular formula is C126H90N4. The van der Waals surface area contributed by atoms with Crippen molar-refractivity contribution in [2.75, 3.05) is 19.6 Å². The molecule has 21 aromatic carbocycles. The molecule has 0 heterocycles. The second-order valence-electron chi connectivity index (χ2n) is 32.8. The topological polar surface area (TPSA) is 13.0 Å². The van der Waals surface area contributed by atoms with Gasteiger partial charge in [0.05, 0.1) is 0 Å². The van der Waals surface area contributed by atoms with E-state index in [2.05, 4.69) is 566 Å². The summed E-state index contributed by atoms with van der Waals surface area (Å²) in [5.74, 6) is 0. The molecule has 130 heavy (non-hydrogen) atoms. The normalized spacial score (nSPS) is 11.1. The lowest BCUT2D eigenvalue weighted by molar-refractivity contribution is 1.28. The van der Waals surface area contributed by atoms with Gasteiger partial charge in [-0.15, -0.1) is 0 Å². The van der Waals surface area contributed by atoms with E-state index in [1.165, 1.54) is 66.8 Å². The Bertz CT molecular complexity index is 6690. The van der Waals surface area contributed by atoms with Gasteiger partial charge >= 0.3 is 0 Å². The summed E-state index contributed by atoms with van der Waals surface area (Å²) in [6, 6.07) is 198. The molecule has 0 aliphatic carbocycles. The summed E-state index contributed by atoms with van der Waals surface area (Å²) in [6.07, 6.45) is 0. The second kappa shape index (κ2) is 36.9. The van der Waals surface area contributed by atoms with E-state index >= 15 is 0 Å². The first kappa shape index (κ1) is 80.0. The van der Waals surface area contributed by atoms with Gasteiger partial charge < -0.3 is 19.6 Å². The first-order chi connectivity index (χ1) is 64.4. The van der Waals surface area contributed by atoms with Crippen LogP contribution in [0.15, 0.2) is 546 Å². The Morgan fingerprint density at radius 3 is 0.292 bits per heavy atom. The summed E-state index contributed by atoms with van der Waals surface area (Å²) >= 11 is 0. The van der Waals surface area contributed by atoms with Gasteiger partial charge in [0.15, 0.2) is 0 Å². The number of hydrogen-bond donors (Lipinski definition) is 0. The Hall–Kier alpha value is -17.2. The summed E-state index contributed by atoms with van der Waals surface area (Å²) in [4.78, 5) is 9.39. The average Bonchev–Trinajstić information content (AvgIpc) is 0.791. The monoisotopic (exact) mass is 1660 g/mol.